The van der Waals surface area contributed by atoms with Gasteiger partial charge in [0.15, 0.2) is 15.6 Å². The summed E-state index contributed by atoms with van der Waals surface area (Å²) in [5.74, 6) is -0.892. The minimum absolute atomic E-state index is 0.00505. The van der Waals surface area contributed by atoms with Crippen molar-refractivity contribution in [1.82, 2.24) is 0 Å². The molecule has 1 heterocycles. The molecule has 0 aliphatic carbocycles. The molecule has 30 heavy (non-hydrogen) atoms. The van der Waals surface area contributed by atoms with Crippen LogP contribution in [0.25, 0.3) is 0 Å². The molecule has 0 saturated carbocycles. The Bertz CT molecular complexity index is 1130. The zero-order valence-electron chi connectivity index (χ0n) is 16.6. The Morgan fingerprint density at radius 2 is 1.47 bits per heavy atom. The molecule has 3 aromatic rings. The number of benzene rings is 2. The number of carbonyl (C=O) groups excluding carboxylic acids is 2. The number of carbonyl (C=O) groups is 2. The van der Waals surface area contributed by atoms with E-state index >= 15 is 0 Å². The fourth-order valence-electron chi connectivity index (χ4n) is 2.59. The number of rotatable bonds is 7. The summed E-state index contributed by atoms with van der Waals surface area (Å²) in [6.07, 6.45) is 0. The first-order valence-electron chi connectivity index (χ1n) is 9.33. The van der Waals surface area contributed by atoms with Crippen molar-refractivity contribution in [3.05, 3.63) is 78.3 Å². The van der Waals surface area contributed by atoms with Crippen molar-refractivity contribution in [1.29, 1.82) is 0 Å². The van der Waals surface area contributed by atoms with Crippen molar-refractivity contribution in [3.63, 3.8) is 0 Å². The van der Waals surface area contributed by atoms with E-state index in [1.165, 1.54) is 24.3 Å². The predicted molar refractivity (Wildman–Crippen MR) is 114 cm³/mol. The van der Waals surface area contributed by atoms with Gasteiger partial charge in [-0.1, -0.05) is 32.0 Å². The molecule has 0 bridgehead atoms. The third-order valence-electron chi connectivity index (χ3n) is 4.25. The van der Waals surface area contributed by atoms with Gasteiger partial charge in [-0.2, -0.15) is 0 Å². The molecule has 0 atom stereocenters. The van der Waals surface area contributed by atoms with E-state index in [1.54, 1.807) is 56.3 Å². The van der Waals surface area contributed by atoms with Gasteiger partial charge in [0, 0.05) is 17.3 Å². The summed E-state index contributed by atoms with van der Waals surface area (Å²) in [4.78, 5) is 24.3. The maximum absolute atomic E-state index is 12.4. The molecule has 2 N–H and O–H groups in total. The van der Waals surface area contributed by atoms with Gasteiger partial charge in [0.25, 0.3) is 5.91 Å². The van der Waals surface area contributed by atoms with E-state index in [2.05, 4.69) is 10.6 Å². The van der Waals surface area contributed by atoms with Crippen molar-refractivity contribution in [2.45, 2.75) is 24.5 Å². The average Bonchev–Trinajstić information content (AvgIpc) is 3.18. The van der Waals surface area contributed by atoms with Crippen molar-refractivity contribution < 1.29 is 22.4 Å². The van der Waals surface area contributed by atoms with Crippen molar-refractivity contribution in [2.75, 3.05) is 10.6 Å². The van der Waals surface area contributed by atoms with Crippen molar-refractivity contribution in [2.24, 2.45) is 5.92 Å². The lowest BCUT2D eigenvalue weighted by molar-refractivity contribution is -0.118. The van der Waals surface area contributed by atoms with E-state index in [1.807, 2.05) is 0 Å². The van der Waals surface area contributed by atoms with E-state index in [9.17, 15) is 18.0 Å². The number of nitrogens with one attached hydrogen (secondary N) is 2. The second-order valence-electron chi connectivity index (χ2n) is 7.01. The van der Waals surface area contributed by atoms with Crippen LogP contribution in [0.2, 0.25) is 0 Å². The minimum Gasteiger partial charge on any atom is -0.455 e. The van der Waals surface area contributed by atoms with Crippen molar-refractivity contribution >= 4 is 33.0 Å². The van der Waals surface area contributed by atoms with Gasteiger partial charge >= 0.3 is 0 Å². The molecule has 0 fully saturated rings. The Balaban J connectivity index is 1.63. The second-order valence-corrected chi connectivity index (χ2v) is 9.00. The molecular weight excluding hydrogens is 404 g/mol. The molecule has 0 aliphatic heterocycles. The summed E-state index contributed by atoms with van der Waals surface area (Å²) in [7, 11) is -3.57. The topological polar surface area (TPSA) is 105 Å². The zero-order valence-corrected chi connectivity index (χ0v) is 17.4. The molecule has 0 aliphatic rings. The molecule has 3 rings (SSSR count). The van der Waals surface area contributed by atoms with E-state index < -0.39 is 15.7 Å². The lowest BCUT2D eigenvalue weighted by Crippen LogP contribution is -2.17. The Kier molecular flexibility index (Phi) is 6.37. The van der Waals surface area contributed by atoms with Gasteiger partial charge in [0.1, 0.15) is 11.5 Å². The summed E-state index contributed by atoms with van der Waals surface area (Å²) in [6.45, 7) is 3.60. The highest BCUT2D eigenvalue weighted by Gasteiger charge is 2.19. The van der Waals surface area contributed by atoms with E-state index in [4.69, 9.17) is 4.42 Å². The number of hydrogen-bond donors (Lipinski definition) is 2. The molecule has 2 aromatic carbocycles. The standard InChI is InChI=1S/C22H22N2O5S/c1-15(2)21(25)23-16-8-10-17(11-9-16)24-22(26)20-13-12-18(29-20)14-30(27,28)19-6-4-3-5-7-19/h3-13,15H,14H2,1-2H3,(H,23,25)(H,24,26). The Morgan fingerprint density at radius 1 is 0.867 bits per heavy atom. The van der Waals surface area contributed by atoms with Gasteiger partial charge in [0.2, 0.25) is 5.91 Å². The fourth-order valence-corrected chi connectivity index (χ4v) is 3.86. The first-order valence-corrected chi connectivity index (χ1v) is 11.0. The van der Waals surface area contributed by atoms with Crippen LogP contribution in [-0.2, 0) is 20.4 Å². The van der Waals surface area contributed by atoms with Gasteiger partial charge in [-0.3, -0.25) is 9.59 Å². The van der Waals surface area contributed by atoms with Gasteiger partial charge in [-0.25, -0.2) is 8.42 Å². The molecule has 2 amide bonds. The summed E-state index contributed by atoms with van der Waals surface area (Å²) >= 11 is 0. The number of amides is 2. The van der Waals surface area contributed by atoms with E-state index in [0.29, 0.717) is 11.4 Å². The van der Waals surface area contributed by atoms with Crippen LogP contribution in [0.1, 0.15) is 30.2 Å². The van der Waals surface area contributed by atoms with Crippen LogP contribution in [-0.4, -0.2) is 20.2 Å². The van der Waals surface area contributed by atoms with Crippen LogP contribution in [0, 0.1) is 5.92 Å². The second kappa shape index (κ2) is 8.96. The van der Waals surface area contributed by atoms with Crippen LogP contribution < -0.4 is 10.6 Å². The molecule has 8 heteroatoms. The fraction of sp³-hybridized carbons (Fsp3) is 0.182. The highest BCUT2D eigenvalue weighted by Crippen LogP contribution is 2.20. The van der Waals surface area contributed by atoms with Crippen LogP contribution in [0.5, 0.6) is 0 Å². The molecular formula is C22H22N2O5S. The Labute approximate surface area is 175 Å². The van der Waals surface area contributed by atoms with Crippen molar-refractivity contribution in [3.8, 4) is 0 Å². The molecule has 0 saturated heterocycles. The number of sulfone groups is 1. The summed E-state index contributed by atoms with van der Waals surface area (Å²) in [5, 5.41) is 5.44. The maximum atomic E-state index is 12.4. The normalized spacial score (nSPS) is 11.3. The highest BCUT2D eigenvalue weighted by molar-refractivity contribution is 7.90. The number of furan rings is 1. The van der Waals surface area contributed by atoms with Gasteiger partial charge in [-0.15, -0.1) is 0 Å². The number of hydrogen-bond acceptors (Lipinski definition) is 5. The average molecular weight is 426 g/mol. The quantitative estimate of drug-likeness (QED) is 0.592. The predicted octanol–water partition coefficient (Wildman–Crippen LogP) is 4.10. The van der Waals surface area contributed by atoms with Gasteiger partial charge in [-0.05, 0) is 48.5 Å². The third kappa shape index (κ3) is 5.36. The first-order chi connectivity index (χ1) is 14.2. The number of anilines is 2. The summed E-state index contributed by atoms with van der Waals surface area (Å²) < 4.78 is 30.3. The lowest BCUT2D eigenvalue weighted by atomic mass is 10.2. The van der Waals surface area contributed by atoms with Crippen LogP contribution >= 0.6 is 0 Å². The Morgan fingerprint density at radius 3 is 2.07 bits per heavy atom. The minimum atomic E-state index is -3.57. The summed E-state index contributed by atoms with van der Waals surface area (Å²) in [6, 6.07) is 17.6. The Hall–Kier alpha value is -3.39. The molecule has 0 spiro atoms. The van der Waals surface area contributed by atoms with Crippen LogP contribution in [0.4, 0.5) is 11.4 Å². The monoisotopic (exact) mass is 426 g/mol. The third-order valence-corrected chi connectivity index (χ3v) is 5.91. The lowest BCUT2D eigenvalue weighted by Gasteiger charge is -2.09. The molecule has 0 unspecified atom stereocenters. The van der Waals surface area contributed by atoms with E-state index in [0.717, 1.165) is 0 Å². The molecule has 156 valence electrons. The van der Waals surface area contributed by atoms with Crippen LogP contribution in [0.3, 0.4) is 0 Å². The smallest absolute Gasteiger partial charge is 0.291 e. The molecule has 0 radical (unpaired) electrons. The SMILES string of the molecule is CC(C)C(=O)Nc1ccc(NC(=O)c2ccc(CS(=O)(=O)c3ccccc3)o2)cc1. The zero-order chi connectivity index (χ0) is 21.7. The first kappa shape index (κ1) is 21.3. The summed E-state index contributed by atoms with van der Waals surface area (Å²) in [5.41, 5.74) is 1.13. The van der Waals surface area contributed by atoms with Crippen LogP contribution in [0.15, 0.2) is 76.0 Å². The van der Waals surface area contributed by atoms with E-state index in [-0.39, 0.29) is 34.0 Å². The molecule has 1 aromatic heterocycles. The maximum Gasteiger partial charge on any atom is 0.291 e. The highest BCUT2D eigenvalue weighted by atomic mass is 32.2. The molecule has 7 nitrogen and oxygen atoms in total. The van der Waals surface area contributed by atoms with Gasteiger partial charge in [0.05, 0.1) is 4.90 Å². The van der Waals surface area contributed by atoms with Gasteiger partial charge < -0.3 is 15.1 Å². The largest absolute Gasteiger partial charge is 0.455 e.